The Morgan fingerprint density at radius 1 is 1.04 bits per heavy atom. The van der Waals surface area contributed by atoms with Crippen LogP contribution in [0.5, 0.6) is 0 Å². The topological polar surface area (TPSA) is 61.4 Å². The van der Waals surface area contributed by atoms with Crippen LogP contribution in [-0.2, 0) is 13.1 Å². The molecule has 6 nitrogen and oxygen atoms in total. The van der Waals surface area contributed by atoms with E-state index in [2.05, 4.69) is 31.4 Å². The standard InChI is InChI=1S/C17H15FN6/c1-2-24-13-6-4-8-19-16(13)22-15(24)11-23-10-9-20-17(23)12-5-3-7-14(18)21-12/h3-10H,2,11H2,1H3. The number of imidazole rings is 2. The van der Waals surface area contributed by atoms with Gasteiger partial charge in [0.25, 0.3) is 0 Å². The van der Waals surface area contributed by atoms with Gasteiger partial charge in [0.15, 0.2) is 11.5 Å². The van der Waals surface area contributed by atoms with E-state index in [0.717, 1.165) is 23.5 Å². The maximum absolute atomic E-state index is 13.4. The van der Waals surface area contributed by atoms with Crippen molar-refractivity contribution in [2.75, 3.05) is 0 Å². The van der Waals surface area contributed by atoms with E-state index in [1.54, 1.807) is 24.5 Å². The summed E-state index contributed by atoms with van der Waals surface area (Å²) in [6.07, 6.45) is 5.26. The Hall–Kier alpha value is -3.09. The molecule has 7 heteroatoms. The first-order valence-electron chi connectivity index (χ1n) is 7.70. The van der Waals surface area contributed by atoms with Gasteiger partial charge in [-0.2, -0.15) is 4.39 Å². The van der Waals surface area contributed by atoms with Crippen molar-refractivity contribution in [2.24, 2.45) is 0 Å². The Kier molecular flexibility index (Phi) is 3.53. The molecule has 0 fully saturated rings. The van der Waals surface area contributed by atoms with E-state index < -0.39 is 5.95 Å². The molecule has 0 saturated heterocycles. The van der Waals surface area contributed by atoms with Crippen molar-refractivity contribution in [3.05, 3.63) is 60.7 Å². The average molecular weight is 322 g/mol. The summed E-state index contributed by atoms with van der Waals surface area (Å²) >= 11 is 0. The second kappa shape index (κ2) is 5.84. The minimum atomic E-state index is -0.521. The van der Waals surface area contributed by atoms with Crippen molar-refractivity contribution in [3.63, 3.8) is 0 Å². The predicted octanol–water partition coefficient (Wildman–Crippen LogP) is 2.90. The zero-order valence-electron chi connectivity index (χ0n) is 13.1. The molecule has 0 N–H and O–H groups in total. The molecule has 4 rings (SSSR count). The molecule has 4 heterocycles. The van der Waals surface area contributed by atoms with Crippen LogP contribution in [-0.4, -0.2) is 29.1 Å². The van der Waals surface area contributed by atoms with Gasteiger partial charge in [-0.25, -0.2) is 19.9 Å². The number of rotatable bonds is 4. The summed E-state index contributed by atoms with van der Waals surface area (Å²) in [5, 5.41) is 0. The van der Waals surface area contributed by atoms with Crippen LogP contribution in [0.2, 0.25) is 0 Å². The third kappa shape index (κ3) is 2.44. The van der Waals surface area contributed by atoms with Crippen LogP contribution in [0.3, 0.4) is 0 Å². The molecule has 0 aliphatic heterocycles. The minimum Gasteiger partial charge on any atom is -0.325 e. The third-order valence-corrected chi connectivity index (χ3v) is 3.89. The van der Waals surface area contributed by atoms with Crippen LogP contribution < -0.4 is 0 Å². The second-order valence-corrected chi connectivity index (χ2v) is 5.34. The highest BCUT2D eigenvalue weighted by molar-refractivity contribution is 5.71. The van der Waals surface area contributed by atoms with Crippen molar-refractivity contribution in [2.45, 2.75) is 20.0 Å². The normalized spacial score (nSPS) is 11.2. The number of aryl methyl sites for hydroxylation is 1. The summed E-state index contributed by atoms with van der Waals surface area (Å²) in [4.78, 5) is 17.2. The van der Waals surface area contributed by atoms with Crippen molar-refractivity contribution in [3.8, 4) is 11.5 Å². The number of pyridine rings is 2. The number of hydrogen-bond donors (Lipinski definition) is 0. The highest BCUT2D eigenvalue weighted by Gasteiger charge is 2.14. The lowest BCUT2D eigenvalue weighted by molar-refractivity contribution is 0.584. The summed E-state index contributed by atoms with van der Waals surface area (Å²) < 4.78 is 17.4. The molecule has 0 unspecified atom stereocenters. The van der Waals surface area contributed by atoms with Crippen LogP contribution in [0.1, 0.15) is 12.7 Å². The Bertz CT molecular complexity index is 1000. The average Bonchev–Trinajstić information content (AvgIpc) is 3.19. The van der Waals surface area contributed by atoms with Crippen molar-refractivity contribution in [1.29, 1.82) is 0 Å². The zero-order chi connectivity index (χ0) is 16.5. The highest BCUT2D eigenvalue weighted by Crippen LogP contribution is 2.19. The van der Waals surface area contributed by atoms with Crippen LogP contribution in [0.15, 0.2) is 48.9 Å². The van der Waals surface area contributed by atoms with E-state index in [1.807, 2.05) is 22.9 Å². The molecule has 0 aromatic carbocycles. The van der Waals surface area contributed by atoms with Gasteiger partial charge in [-0.1, -0.05) is 6.07 Å². The lowest BCUT2D eigenvalue weighted by atomic mass is 10.3. The van der Waals surface area contributed by atoms with Gasteiger partial charge in [-0.05, 0) is 31.2 Å². The van der Waals surface area contributed by atoms with Crippen molar-refractivity contribution >= 4 is 11.2 Å². The van der Waals surface area contributed by atoms with Gasteiger partial charge in [0, 0.05) is 25.1 Å². The van der Waals surface area contributed by atoms with E-state index in [-0.39, 0.29) is 0 Å². The molecular weight excluding hydrogens is 307 g/mol. The van der Waals surface area contributed by atoms with Gasteiger partial charge in [-0.15, -0.1) is 0 Å². The lowest BCUT2D eigenvalue weighted by Gasteiger charge is -2.09. The molecule has 0 saturated carbocycles. The number of fused-ring (bicyclic) bond motifs is 1. The fourth-order valence-corrected chi connectivity index (χ4v) is 2.84. The SMILES string of the molecule is CCn1c(Cn2ccnc2-c2cccc(F)n2)nc2ncccc21. The van der Waals surface area contributed by atoms with Crippen LogP contribution in [0.4, 0.5) is 4.39 Å². The van der Waals surface area contributed by atoms with Gasteiger partial charge < -0.3 is 9.13 Å². The van der Waals surface area contributed by atoms with E-state index >= 15 is 0 Å². The number of hydrogen-bond acceptors (Lipinski definition) is 4. The third-order valence-electron chi connectivity index (χ3n) is 3.89. The Labute approximate surface area is 137 Å². The summed E-state index contributed by atoms with van der Waals surface area (Å²) in [5.74, 6) is 0.964. The summed E-state index contributed by atoms with van der Waals surface area (Å²) in [5.41, 5.74) is 2.22. The first kappa shape index (κ1) is 14.5. The van der Waals surface area contributed by atoms with E-state index in [4.69, 9.17) is 0 Å². The molecule has 0 radical (unpaired) electrons. The zero-order valence-corrected chi connectivity index (χ0v) is 13.1. The molecule has 0 aliphatic rings. The monoisotopic (exact) mass is 322 g/mol. The maximum atomic E-state index is 13.4. The van der Waals surface area contributed by atoms with Crippen molar-refractivity contribution in [1.82, 2.24) is 29.1 Å². The predicted molar refractivity (Wildman–Crippen MR) is 87.7 cm³/mol. The maximum Gasteiger partial charge on any atom is 0.213 e. The molecule has 24 heavy (non-hydrogen) atoms. The minimum absolute atomic E-state index is 0.497. The largest absolute Gasteiger partial charge is 0.325 e. The van der Waals surface area contributed by atoms with Gasteiger partial charge in [0.2, 0.25) is 5.95 Å². The second-order valence-electron chi connectivity index (χ2n) is 5.34. The van der Waals surface area contributed by atoms with Crippen LogP contribution >= 0.6 is 0 Å². The number of nitrogens with zero attached hydrogens (tertiary/aromatic N) is 6. The summed E-state index contributed by atoms with van der Waals surface area (Å²) in [7, 11) is 0. The van der Waals surface area contributed by atoms with E-state index in [9.17, 15) is 4.39 Å². The highest BCUT2D eigenvalue weighted by atomic mass is 19.1. The van der Waals surface area contributed by atoms with E-state index in [0.29, 0.717) is 18.1 Å². The van der Waals surface area contributed by atoms with Gasteiger partial charge >= 0.3 is 0 Å². The molecule has 0 atom stereocenters. The van der Waals surface area contributed by atoms with E-state index in [1.165, 1.54) is 6.07 Å². The fraction of sp³-hybridized carbons (Fsp3) is 0.176. The van der Waals surface area contributed by atoms with Crippen LogP contribution in [0.25, 0.3) is 22.7 Å². The number of aromatic nitrogens is 6. The van der Waals surface area contributed by atoms with Crippen LogP contribution in [0, 0.1) is 5.95 Å². The van der Waals surface area contributed by atoms with Gasteiger partial charge in [0.1, 0.15) is 11.5 Å². The summed E-state index contributed by atoms with van der Waals surface area (Å²) in [6, 6.07) is 8.59. The molecular formula is C17H15FN6. The van der Waals surface area contributed by atoms with Gasteiger partial charge in [-0.3, -0.25) is 0 Å². The molecule has 4 aromatic rings. The van der Waals surface area contributed by atoms with Gasteiger partial charge in [0.05, 0.1) is 12.1 Å². The lowest BCUT2D eigenvalue weighted by Crippen LogP contribution is -2.09. The molecule has 0 spiro atoms. The summed E-state index contributed by atoms with van der Waals surface area (Å²) in [6.45, 7) is 3.37. The molecule has 0 amide bonds. The fourth-order valence-electron chi connectivity index (χ4n) is 2.84. The smallest absolute Gasteiger partial charge is 0.213 e. The molecule has 0 aliphatic carbocycles. The quantitative estimate of drug-likeness (QED) is 0.542. The molecule has 120 valence electrons. The number of halogens is 1. The first-order valence-corrected chi connectivity index (χ1v) is 7.70. The Balaban J connectivity index is 1.76. The molecule has 4 aromatic heterocycles. The van der Waals surface area contributed by atoms with Crippen molar-refractivity contribution < 1.29 is 4.39 Å². The Morgan fingerprint density at radius 3 is 2.79 bits per heavy atom. The molecule has 0 bridgehead atoms. The Morgan fingerprint density at radius 2 is 1.96 bits per heavy atom. The first-order chi connectivity index (χ1) is 11.8.